The van der Waals surface area contributed by atoms with Crippen molar-refractivity contribution in [3.05, 3.63) is 35.4 Å². The minimum atomic E-state index is -1.45. The zero-order valence-corrected chi connectivity index (χ0v) is 21.6. The van der Waals surface area contributed by atoms with Crippen LogP contribution in [0.1, 0.15) is 76.5 Å². The number of terminal acetylenes is 1. The second-order valence-corrected chi connectivity index (χ2v) is 10.0. The first-order valence-electron chi connectivity index (χ1n) is 12.3. The molecule has 10 nitrogen and oxygen atoms in total. The molecular weight excluding hydrogens is 474 g/mol. The van der Waals surface area contributed by atoms with Gasteiger partial charge in [-0.1, -0.05) is 37.3 Å². The van der Waals surface area contributed by atoms with E-state index in [-0.39, 0.29) is 6.04 Å². The van der Waals surface area contributed by atoms with E-state index in [2.05, 4.69) is 16.6 Å². The summed E-state index contributed by atoms with van der Waals surface area (Å²) in [4.78, 5) is 52.5. The molecule has 4 N–H and O–H groups in total. The maximum Gasteiger partial charge on any atom is 0.408 e. The number of hydrogen-bond donors (Lipinski definition) is 3. The lowest BCUT2D eigenvalue weighted by Gasteiger charge is -2.34. The van der Waals surface area contributed by atoms with Crippen LogP contribution in [0.15, 0.2) is 24.3 Å². The molecule has 0 spiro atoms. The Balaban J connectivity index is 2.45. The Labute approximate surface area is 217 Å². The van der Waals surface area contributed by atoms with Crippen LogP contribution in [0.5, 0.6) is 0 Å². The molecule has 10 heteroatoms. The van der Waals surface area contributed by atoms with Gasteiger partial charge in [0, 0.05) is 11.6 Å². The van der Waals surface area contributed by atoms with Gasteiger partial charge in [-0.05, 0) is 51.3 Å². The minimum Gasteiger partial charge on any atom is -0.444 e. The highest BCUT2D eigenvalue weighted by Crippen LogP contribution is 2.25. The lowest BCUT2D eigenvalue weighted by atomic mass is 9.94. The number of amides is 4. The summed E-state index contributed by atoms with van der Waals surface area (Å²) in [6.45, 7) is 4.45. The predicted octanol–water partition coefficient (Wildman–Crippen LogP) is 2.28. The summed E-state index contributed by atoms with van der Waals surface area (Å²) in [5, 5.41) is 14.9. The van der Waals surface area contributed by atoms with Crippen molar-refractivity contribution in [1.82, 2.24) is 15.5 Å². The van der Waals surface area contributed by atoms with E-state index in [1.807, 2.05) is 6.07 Å². The molecule has 0 saturated heterocycles. The fourth-order valence-electron chi connectivity index (χ4n) is 4.19. The number of carbonyl (C=O) groups is 4. The predicted molar refractivity (Wildman–Crippen MR) is 136 cm³/mol. The molecule has 2 rings (SSSR count). The van der Waals surface area contributed by atoms with E-state index in [0.717, 1.165) is 37.0 Å². The van der Waals surface area contributed by atoms with Crippen molar-refractivity contribution in [1.29, 1.82) is 5.26 Å². The van der Waals surface area contributed by atoms with E-state index in [1.165, 1.54) is 0 Å². The zero-order valence-electron chi connectivity index (χ0n) is 21.6. The van der Waals surface area contributed by atoms with Crippen molar-refractivity contribution in [2.75, 3.05) is 6.54 Å². The molecule has 4 amide bonds. The van der Waals surface area contributed by atoms with Crippen molar-refractivity contribution in [2.24, 2.45) is 5.73 Å². The Morgan fingerprint density at radius 1 is 1.16 bits per heavy atom. The summed E-state index contributed by atoms with van der Waals surface area (Å²) in [5.41, 5.74) is 5.48. The second-order valence-electron chi connectivity index (χ2n) is 10.0. The van der Waals surface area contributed by atoms with Crippen LogP contribution in [0.2, 0.25) is 0 Å². The fourth-order valence-corrected chi connectivity index (χ4v) is 4.19. The molecule has 1 aromatic carbocycles. The Morgan fingerprint density at radius 3 is 2.30 bits per heavy atom. The van der Waals surface area contributed by atoms with Gasteiger partial charge in [-0.15, -0.1) is 6.42 Å². The first-order chi connectivity index (χ1) is 17.4. The van der Waals surface area contributed by atoms with Crippen molar-refractivity contribution < 1.29 is 23.9 Å². The molecule has 1 aliphatic rings. The summed E-state index contributed by atoms with van der Waals surface area (Å²) < 4.78 is 5.22. The first kappa shape index (κ1) is 29.2. The van der Waals surface area contributed by atoms with Gasteiger partial charge in [0.2, 0.25) is 17.7 Å². The maximum atomic E-state index is 13.7. The minimum absolute atomic E-state index is 0.0610. The molecular formula is C27H35N5O5. The fraction of sp³-hybridized carbons (Fsp3) is 0.519. The molecule has 198 valence electrons. The van der Waals surface area contributed by atoms with E-state index in [0.29, 0.717) is 11.1 Å². The monoisotopic (exact) mass is 509 g/mol. The molecule has 0 bridgehead atoms. The van der Waals surface area contributed by atoms with Crippen molar-refractivity contribution in [3.63, 3.8) is 0 Å². The number of benzene rings is 1. The Bertz CT molecular complexity index is 1060. The Kier molecular flexibility index (Phi) is 10.5. The quantitative estimate of drug-likeness (QED) is 0.343. The van der Waals surface area contributed by atoms with E-state index >= 15 is 0 Å². The summed E-state index contributed by atoms with van der Waals surface area (Å²) in [6.07, 6.45) is 8.64. The average molecular weight is 510 g/mol. The first-order valence-corrected chi connectivity index (χ1v) is 12.3. The number of hydrogen-bond acceptors (Lipinski definition) is 6. The molecule has 1 aromatic rings. The molecule has 2 atom stereocenters. The molecule has 1 aliphatic carbocycles. The molecule has 0 aliphatic heterocycles. The van der Waals surface area contributed by atoms with Crippen molar-refractivity contribution in [3.8, 4) is 18.4 Å². The summed E-state index contributed by atoms with van der Waals surface area (Å²) in [6, 6.07) is 5.68. The normalized spacial score (nSPS) is 15.3. The molecule has 2 unspecified atom stereocenters. The Morgan fingerprint density at radius 2 is 1.78 bits per heavy atom. The second kappa shape index (κ2) is 13.3. The van der Waals surface area contributed by atoms with Crippen LogP contribution in [0, 0.1) is 23.7 Å². The lowest BCUT2D eigenvalue weighted by molar-refractivity contribution is -0.143. The third-order valence-electron chi connectivity index (χ3n) is 5.82. The summed E-state index contributed by atoms with van der Waals surface area (Å²) >= 11 is 0. The number of nitriles is 1. The third kappa shape index (κ3) is 9.16. The van der Waals surface area contributed by atoms with Crippen LogP contribution >= 0.6 is 0 Å². The molecule has 0 radical (unpaired) electrons. The number of nitrogens with zero attached hydrogens (tertiary/aromatic N) is 2. The number of alkyl carbamates (subject to hydrolysis) is 1. The maximum absolute atomic E-state index is 13.7. The van der Waals surface area contributed by atoms with Gasteiger partial charge in [-0.2, -0.15) is 5.26 Å². The number of primary amides is 1. The van der Waals surface area contributed by atoms with Crippen LogP contribution in [0.3, 0.4) is 0 Å². The SMILES string of the molecule is C#Cc1ccc(C(C(=O)NC2CCCCC2)N(CC#N)C(=O)C(CC(N)=O)NC(=O)OC(C)(C)C)cc1. The molecule has 0 aromatic heterocycles. The summed E-state index contributed by atoms with van der Waals surface area (Å²) in [7, 11) is 0. The van der Waals surface area contributed by atoms with Gasteiger partial charge in [0.05, 0.1) is 12.5 Å². The van der Waals surface area contributed by atoms with Crippen LogP contribution in [-0.2, 0) is 19.1 Å². The highest BCUT2D eigenvalue weighted by molar-refractivity contribution is 5.94. The highest BCUT2D eigenvalue weighted by Gasteiger charge is 2.37. The van der Waals surface area contributed by atoms with Gasteiger partial charge in [0.25, 0.3) is 0 Å². The van der Waals surface area contributed by atoms with Gasteiger partial charge in [0.15, 0.2) is 0 Å². The van der Waals surface area contributed by atoms with Crippen LogP contribution in [-0.4, -0.2) is 52.9 Å². The third-order valence-corrected chi connectivity index (χ3v) is 5.82. The van der Waals surface area contributed by atoms with Gasteiger partial charge in [0.1, 0.15) is 24.2 Å². The molecule has 37 heavy (non-hydrogen) atoms. The van der Waals surface area contributed by atoms with Gasteiger partial charge in [-0.25, -0.2) is 4.79 Å². The standard InChI is InChI=1S/C27H35N5O5/c1-5-18-11-13-19(14-12-18)23(24(34)30-20-9-7-6-8-10-20)32(16-15-28)25(35)21(17-22(29)33)31-26(36)37-27(2,3)4/h1,11-14,20-21,23H,6-10,16-17H2,2-4H3,(H2,29,33)(H,30,34)(H,31,36). The highest BCUT2D eigenvalue weighted by atomic mass is 16.6. The van der Waals surface area contributed by atoms with Crippen LogP contribution in [0.25, 0.3) is 0 Å². The number of carbonyl (C=O) groups excluding carboxylic acids is 4. The lowest BCUT2D eigenvalue weighted by Crippen LogP contribution is -2.54. The van der Waals surface area contributed by atoms with Gasteiger partial charge >= 0.3 is 6.09 Å². The van der Waals surface area contributed by atoms with Crippen molar-refractivity contribution >= 4 is 23.8 Å². The van der Waals surface area contributed by atoms with Crippen LogP contribution in [0.4, 0.5) is 4.79 Å². The topological polar surface area (TPSA) is 155 Å². The van der Waals surface area contributed by atoms with E-state index < -0.39 is 54.5 Å². The molecule has 1 fully saturated rings. The molecule has 0 heterocycles. The number of ether oxygens (including phenoxy) is 1. The smallest absolute Gasteiger partial charge is 0.408 e. The average Bonchev–Trinajstić information content (AvgIpc) is 2.82. The van der Waals surface area contributed by atoms with Crippen molar-refractivity contribution in [2.45, 2.75) is 83.0 Å². The number of nitrogens with one attached hydrogen (secondary N) is 2. The zero-order chi connectivity index (χ0) is 27.6. The van der Waals surface area contributed by atoms with E-state index in [4.69, 9.17) is 16.9 Å². The van der Waals surface area contributed by atoms with E-state index in [1.54, 1.807) is 45.0 Å². The van der Waals surface area contributed by atoms with Gasteiger partial charge in [-0.3, -0.25) is 14.4 Å². The summed E-state index contributed by atoms with van der Waals surface area (Å²) in [5.74, 6) is 0.349. The van der Waals surface area contributed by atoms with E-state index in [9.17, 15) is 24.4 Å². The Hall–Kier alpha value is -4.05. The number of nitrogens with two attached hydrogens (primary N) is 1. The largest absolute Gasteiger partial charge is 0.444 e. The van der Waals surface area contributed by atoms with Crippen LogP contribution < -0.4 is 16.4 Å². The number of rotatable bonds is 9. The molecule has 1 saturated carbocycles. The van der Waals surface area contributed by atoms with Gasteiger partial charge < -0.3 is 26.0 Å².